The van der Waals surface area contributed by atoms with Gasteiger partial charge in [0.1, 0.15) is 10.7 Å². The lowest BCUT2D eigenvalue weighted by atomic mass is 9.82. The lowest BCUT2D eigenvalue weighted by Crippen LogP contribution is -2.44. The van der Waals surface area contributed by atoms with Gasteiger partial charge in [-0.1, -0.05) is 19.1 Å². The standard InChI is InChI=1S/C26H33FN2O3S/c1-17-5-7-20(8-6-17)25(30)29(16-18-4-3-13-28(2)15-18)22-14-23(33-24(22)26(31)32)19-9-11-21(27)12-10-19/h9-12,14,17-18,20H,3-8,13,15-16H2,1-2H3,(H,31,32). The van der Waals surface area contributed by atoms with Crippen LogP contribution in [0.25, 0.3) is 10.4 Å². The van der Waals surface area contributed by atoms with Crippen molar-refractivity contribution in [3.63, 3.8) is 0 Å². The van der Waals surface area contributed by atoms with E-state index in [9.17, 15) is 19.1 Å². The quantitative estimate of drug-likeness (QED) is 0.581. The molecule has 1 saturated carbocycles. The van der Waals surface area contributed by atoms with E-state index >= 15 is 0 Å². The summed E-state index contributed by atoms with van der Waals surface area (Å²) in [5.74, 6) is -0.418. The van der Waals surface area contributed by atoms with Crippen LogP contribution in [0.15, 0.2) is 30.3 Å². The van der Waals surface area contributed by atoms with Crippen LogP contribution in [0, 0.1) is 23.6 Å². The number of benzene rings is 1. The number of carbonyl (C=O) groups is 2. The molecule has 0 bridgehead atoms. The summed E-state index contributed by atoms with van der Waals surface area (Å²) in [6.07, 6.45) is 5.91. The minimum atomic E-state index is -1.03. The molecule has 1 N–H and O–H groups in total. The van der Waals surface area contributed by atoms with E-state index in [1.807, 2.05) is 6.07 Å². The molecule has 5 nitrogen and oxygen atoms in total. The maximum Gasteiger partial charge on any atom is 0.348 e. The summed E-state index contributed by atoms with van der Waals surface area (Å²) in [7, 11) is 2.10. The van der Waals surface area contributed by atoms with Crippen molar-refractivity contribution in [2.24, 2.45) is 17.8 Å². The third-order valence-corrected chi connectivity index (χ3v) is 8.28. The Balaban J connectivity index is 1.69. The van der Waals surface area contributed by atoms with Crippen molar-refractivity contribution in [3.05, 3.63) is 41.0 Å². The van der Waals surface area contributed by atoms with Crippen LogP contribution in [0.4, 0.5) is 10.1 Å². The number of rotatable bonds is 6. The summed E-state index contributed by atoms with van der Waals surface area (Å²) in [5, 5.41) is 10.00. The molecule has 33 heavy (non-hydrogen) atoms. The monoisotopic (exact) mass is 472 g/mol. The topological polar surface area (TPSA) is 60.9 Å². The van der Waals surface area contributed by atoms with Gasteiger partial charge in [0.05, 0.1) is 5.69 Å². The molecule has 2 fully saturated rings. The maximum absolute atomic E-state index is 13.8. The van der Waals surface area contributed by atoms with Crippen molar-refractivity contribution in [1.82, 2.24) is 4.90 Å². The van der Waals surface area contributed by atoms with E-state index in [0.717, 1.165) is 73.4 Å². The third-order valence-electron chi connectivity index (χ3n) is 7.12. The summed E-state index contributed by atoms with van der Waals surface area (Å²) in [5.41, 5.74) is 1.25. The highest BCUT2D eigenvalue weighted by molar-refractivity contribution is 7.18. The van der Waals surface area contributed by atoms with Gasteiger partial charge in [0.15, 0.2) is 0 Å². The van der Waals surface area contributed by atoms with E-state index in [1.54, 1.807) is 17.0 Å². The number of likely N-dealkylation sites (tertiary alicyclic amines) is 1. The Morgan fingerprint density at radius 1 is 1.15 bits per heavy atom. The fraction of sp³-hybridized carbons (Fsp3) is 0.538. The zero-order valence-corrected chi connectivity index (χ0v) is 20.2. The summed E-state index contributed by atoms with van der Waals surface area (Å²) >= 11 is 1.16. The first-order valence-corrected chi connectivity index (χ1v) is 12.8. The summed E-state index contributed by atoms with van der Waals surface area (Å²) in [6.45, 7) is 4.73. The molecule has 1 aromatic heterocycles. The van der Waals surface area contributed by atoms with Gasteiger partial charge in [-0.15, -0.1) is 11.3 Å². The van der Waals surface area contributed by atoms with E-state index in [0.29, 0.717) is 24.1 Å². The van der Waals surface area contributed by atoms with Crippen molar-refractivity contribution in [2.45, 2.75) is 45.4 Å². The van der Waals surface area contributed by atoms with Gasteiger partial charge in [-0.05, 0) is 87.7 Å². The predicted molar refractivity (Wildman–Crippen MR) is 130 cm³/mol. The second kappa shape index (κ2) is 10.3. The molecule has 1 amide bonds. The molecule has 2 aliphatic rings. The van der Waals surface area contributed by atoms with Gasteiger partial charge in [-0.25, -0.2) is 9.18 Å². The van der Waals surface area contributed by atoms with Gasteiger partial charge in [-0.3, -0.25) is 4.79 Å². The SMILES string of the molecule is CC1CCC(C(=O)N(CC2CCCN(C)C2)c2cc(-c3ccc(F)cc3)sc2C(=O)O)CC1. The second-order valence-corrected chi connectivity index (χ2v) is 10.9. The zero-order chi connectivity index (χ0) is 23.5. The van der Waals surface area contributed by atoms with Crippen LogP contribution in [0.3, 0.4) is 0 Å². The van der Waals surface area contributed by atoms with Crippen molar-refractivity contribution >= 4 is 28.9 Å². The van der Waals surface area contributed by atoms with E-state index in [4.69, 9.17) is 0 Å². The van der Waals surface area contributed by atoms with Crippen molar-refractivity contribution in [3.8, 4) is 10.4 Å². The van der Waals surface area contributed by atoms with E-state index in [2.05, 4.69) is 18.9 Å². The van der Waals surface area contributed by atoms with Gasteiger partial charge < -0.3 is 14.9 Å². The first-order chi connectivity index (χ1) is 15.8. The molecule has 7 heteroatoms. The number of hydrogen-bond acceptors (Lipinski definition) is 4. The van der Waals surface area contributed by atoms with Gasteiger partial charge in [0.2, 0.25) is 5.91 Å². The normalized spacial score (nSPS) is 23.9. The molecule has 4 rings (SSSR count). The maximum atomic E-state index is 13.8. The fourth-order valence-corrected chi connectivity index (χ4v) is 6.21. The average molecular weight is 473 g/mol. The van der Waals surface area contributed by atoms with Crippen LogP contribution in [-0.4, -0.2) is 48.6 Å². The van der Waals surface area contributed by atoms with Crippen LogP contribution >= 0.6 is 11.3 Å². The van der Waals surface area contributed by atoms with Crippen molar-refractivity contribution in [1.29, 1.82) is 0 Å². The molecule has 1 saturated heterocycles. The Bertz CT molecular complexity index is 982. The number of amides is 1. The van der Waals surface area contributed by atoms with Crippen LogP contribution in [-0.2, 0) is 4.79 Å². The third kappa shape index (κ3) is 5.64. The van der Waals surface area contributed by atoms with Crippen LogP contribution in [0.2, 0.25) is 0 Å². The predicted octanol–water partition coefficient (Wildman–Crippen LogP) is 5.75. The van der Waals surface area contributed by atoms with Crippen molar-refractivity contribution in [2.75, 3.05) is 31.6 Å². The highest BCUT2D eigenvalue weighted by Crippen LogP contribution is 2.39. The Labute approximate surface area is 199 Å². The molecule has 1 aliphatic carbocycles. The minimum absolute atomic E-state index is 0.0566. The molecule has 1 atom stereocenters. The molecule has 1 unspecified atom stereocenters. The number of carboxylic acids is 1. The molecule has 1 aliphatic heterocycles. The summed E-state index contributed by atoms with van der Waals surface area (Å²) < 4.78 is 13.4. The minimum Gasteiger partial charge on any atom is -0.477 e. The van der Waals surface area contributed by atoms with Crippen LogP contribution in [0.5, 0.6) is 0 Å². The Morgan fingerprint density at radius 3 is 2.48 bits per heavy atom. The van der Waals surface area contributed by atoms with E-state index < -0.39 is 5.97 Å². The lowest BCUT2D eigenvalue weighted by Gasteiger charge is -2.36. The largest absolute Gasteiger partial charge is 0.477 e. The number of nitrogens with zero attached hydrogens (tertiary/aromatic N) is 2. The number of halogens is 1. The van der Waals surface area contributed by atoms with Gasteiger partial charge in [0.25, 0.3) is 0 Å². The number of thiophene rings is 1. The van der Waals surface area contributed by atoms with Gasteiger partial charge >= 0.3 is 5.97 Å². The Morgan fingerprint density at radius 2 is 1.85 bits per heavy atom. The number of carboxylic acid groups (broad SMARTS) is 1. The fourth-order valence-electron chi connectivity index (χ4n) is 5.21. The number of hydrogen-bond donors (Lipinski definition) is 1. The lowest BCUT2D eigenvalue weighted by molar-refractivity contribution is -0.123. The van der Waals surface area contributed by atoms with Crippen LogP contribution < -0.4 is 4.90 Å². The van der Waals surface area contributed by atoms with Gasteiger partial charge in [-0.2, -0.15) is 0 Å². The molecule has 1 aromatic carbocycles. The average Bonchev–Trinajstić information content (AvgIpc) is 3.24. The first kappa shape index (κ1) is 23.9. The van der Waals surface area contributed by atoms with Crippen molar-refractivity contribution < 1.29 is 19.1 Å². The van der Waals surface area contributed by atoms with Gasteiger partial charge in [0, 0.05) is 23.9 Å². The molecular weight excluding hydrogens is 439 g/mol. The zero-order valence-electron chi connectivity index (χ0n) is 19.4. The number of aromatic carboxylic acids is 1. The smallest absolute Gasteiger partial charge is 0.348 e. The second-order valence-electron chi connectivity index (χ2n) is 9.81. The number of anilines is 1. The number of carbonyl (C=O) groups excluding carboxylic acids is 1. The Hall–Kier alpha value is -2.25. The van der Waals surface area contributed by atoms with E-state index in [1.165, 1.54) is 12.1 Å². The summed E-state index contributed by atoms with van der Waals surface area (Å²) in [4.78, 5) is 31.0. The van der Waals surface area contributed by atoms with E-state index in [-0.39, 0.29) is 22.5 Å². The Kier molecular flexibility index (Phi) is 7.49. The van der Waals surface area contributed by atoms with Crippen LogP contribution in [0.1, 0.15) is 55.1 Å². The number of piperidine rings is 1. The highest BCUT2D eigenvalue weighted by Gasteiger charge is 2.34. The highest BCUT2D eigenvalue weighted by atomic mass is 32.1. The summed E-state index contributed by atoms with van der Waals surface area (Å²) in [6, 6.07) is 7.87. The molecule has 2 heterocycles. The molecule has 2 aromatic rings. The molecular formula is C26H33FN2O3S. The molecule has 0 radical (unpaired) electrons. The first-order valence-electron chi connectivity index (χ1n) is 11.9. The molecule has 0 spiro atoms. The molecule has 178 valence electrons.